The number of hydrogen-bond acceptors (Lipinski definition) is 5. The number of amides is 1. The summed E-state index contributed by atoms with van der Waals surface area (Å²) in [6, 6.07) is 3.08. The van der Waals surface area contributed by atoms with Gasteiger partial charge in [-0.15, -0.1) is 15.3 Å². The first-order valence-electron chi connectivity index (χ1n) is 4.53. The molecule has 7 heteroatoms. The molecule has 0 unspecified atom stereocenters. The van der Waals surface area contributed by atoms with Crippen molar-refractivity contribution in [3.63, 3.8) is 0 Å². The zero-order chi connectivity index (χ0) is 11.7. The fourth-order valence-electron chi connectivity index (χ4n) is 1.17. The molecule has 82 valence electrons. The first-order chi connectivity index (χ1) is 7.58. The molecule has 0 aliphatic rings. The van der Waals surface area contributed by atoms with Crippen LogP contribution in [0.25, 0.3) is 5.82 Å². The Balaban J connectivity index is 2.38. The van der Waals surface area contributed by atoms with Crippen molar-refractivity contribution in [2.75, 3.05) is 5.73 Å². The highest BCUT2D eigenvalue weighted by Gasteiger charge is 2.06. The van der Waals surface area contributed by atoms with Gasteiger partial charge in [-0.2, -0.15) is 0 Å². The molecule has 0 aliphatic heterocycles. The second kappa shape index (κ2) is 3.61. The summed E-state index contributed by atoms with van der Waals surface area (Å²) in [7, 11) is 0. The molecule has 1 amide bonds. The van der Waals surface area contributed by atoms with Crippen molar-refractivity contribution in [3.05, 3.63) is 29.6 Å². The van der Waals surface area contributed by atoms with Gasteiger partial charge in [0.1, 0.15) is 5.82 Å². The van der Waals surface area contributed by atoms with Crippen LogP contribution in [0.15, 0.2) is 18.3 Å². The molecule has 0 fully saturated rings. The summed E-state index contributed by atoms with van der Waals surface area (Å²) in [5.74, 6) is 0.292. The van der Waals surface area contributed by atoms with E-state index in [2.05, 4.69) is 15.3 Å². The third kappa shape index (κ3) is 1.70. The maximum Gasteiger partial charge on any atom is 0.269 e. The first-order valence-corrected chi connectivity index (χ1v) is 4.53. The number of aromatic nitrogens is 4. The quantitative estimate of drug-likeness (QED) is 0.715. The van der Waals surface area contributed by atoms with E-state index >= 15 is 0 Å². The third-order valence-corrected chi connectivity index (χ3v) is 2.07. The highest BCUT2D eigenvalue weighted by Crippen LogP contribution is 2.10. The molecule has 0 spiro atoms. The summed E-state index contributed by atoms with van der Waals surface area (Å²) < 4.78 is 1.49. The molecular weight excluding hydrogens is 208 g/mol. The predicted molar refractivity (Wildman–Crippen MR) is 56.8 cm³/mol. The van der Waals surface area contributed by atoms with Crippen molar-refractivity contribution in [2.45, 2.75) is 6.92 Å². The Morgan fingerprint density at radius 1 is 1.38 bits per heavy atom. The molecule has 0 aromatic carbocycles. The van der Waals surface area contributed by atoms with Gasteiger partial charge in [0.05, 0.1) is 0 Å². The van der Waals surface area contributed by atoms with Crippen LogP contribution in [0.4, 0.5) is 5.82 Å². The number of primary amides is 1. The first kappa shape index (κ1) is 10.1. The van der Waals surface area contributed by atoms with E-state index in [0.717, 1.165) is 5.56 Å². The Hall–Kier alpha value is -2.44. The van der Waals surface area contributed by atoms with Gasteiger partial charge < -0.3 is 11.5 Å². The van der Waals surface area contributed by atoms with E-state index in [1.807, 2.05) is 6.92 Å². The molecule has 2 heterocycles. The van der Waals surface area contributed by atoms with E-state index in [1.165, 1.54) is 10.7 Å². The maximum absolute atomic E-state index is 10.8. The lowest BCUT2D eigenvalue weighted by molar-refractivity contribution is 0.0994. The van der Waals surface area contributed by atoms with Crippen LogP contribution in [0.5, 0.6) is 0 Å². The lowest BCUT2D eigenvalue weighted by atomic mass is 10.3. The van der Waals surface area contributed by atoms with E-state index < -0.39 is 5.91 Å². The molecule has 7 nitrogen and oxygen atoms in total. The van der Waals surface area contributed by atoms with Gasteiger partial charge in [-0.3, -0.25) is 4.79 Å². The average Bonchev–Trinajstić information content (AvgIpc) is 2.59. The molecular formula is C9H10N6O. The number of anilines is 1. The Labute approximate surface area is 91.1 Å². The van der Waals surface area contributed by atoms with Gasteiger partial charge >= 0.3 is 0 Å². The maximum atomic E-state index is 10.8. The number of carbonyl (C=O) groups excluding carboxylic acids is 1. The zero-order valence-corrected chi connectivity index (χ0v) is 8.58. The normalized spacial score (nSPS) is 10.3. The van der Waals surface area contributed by atoms with Crippen molar-refractivity contribution in [1.29, 1.82) is 0 Å². The molecule has 0 atom stereocenters. The minimum Gasteiger partial charge on any atom is -0.382 e. The standard InChI is InChI=1S/C9H10N6O/c1-5-4-15(14-8(5)10)7-3-2-6(9(11)16)12-13-7/h2-4H,1H3,(H2,10,14)(H2,11,16). The van der Waals surface area contributed by atoms with Gasteiger partial charge in [0.25, 0.3) is 5.91 Å². The molecule has 0 saturated carbocycles. The van der Waals surface area contributed by atoms with Crippen molar-refractivity contribution in [1.82, 2.24) is 20.0 Å². The summed E-state index contributed by atoms with van der Waals surface area (Å²) in [5.41, 5.74) is 11.6. The van der Waals surface area contributed by atoms with Crippen LogP contribution in [0.3, 0.4) is 0 Å². The Bertz CT molecular complexity index is 510. The van der Waals surface area contributed by atoms with E-state index in [0.29, 0.717) is 11.6 Å². The van der Waals surface area contributed by atoms with Gasteiger partial charge in [-0.25, -0.2) is 4.68 Å². The number of carbonyl (C=O) groups is 1. The molecule has 0 bridgehead atoms. The summed E-state index contributed by atoms with van der Waals surface area (Å²) in [6.07, 6.45) is 1.73. The minimum atomic E-state index is -0.616. The monoisotopic (exact) mass is 218 g/mol. The second-order valence-electron chi connectivity index (χ2n) is 3.28. The smallest absolute Gasteiger partial charge is 0.269 e. The lowest BCUT2D eigenvalue weighted by Crippen LogP contribution is -2.14. The molecule has 16 heavy (non-hydrogen) atoms. The highest BCUT2D eigenvalue weighted by atomic mass is 16.1. The average molecular weight is 218 g/mol. The van der Waals surface area contributed by atoms with Crippen molar-refractivity contribution in [2.24, 2.45) is 5.73 Å². The predicted octanol–water partition coefficient (Wildman–Crippen LogP) is -0.348. The molecule has 2 aromatic rings. The third-order valence-electron chi connectivity index (χ3n) is 2.07. The van der Waals surface area contributed by atoms with Gasteiger partial charge in [0.15, 0.2) is 11.5 Å². The van der Waals surface area contributed by atoms with Crippen LogP contribution in [0.1, 0.15) is 16.1 Å². The molecule has 0 radical (unpaired) electrons. The summed E-state index contributed by atoms with van der Waals surface area (Å²) in [5, 5.41) is 11.5. The van der Waals surface area contributed by atoms with E-state index in [9.17, 15) is 4.79 Å². The van der Waals surface area contributed by atoms with Gasteiger partial charge in [0, 0.05) is 11.8 Å². The Morgan fingerprint density at radius 2 is 2.12 bits per heavy atom. The zero-order valence-electron chi connectivity index (χ0n) is 8.58. The van der Waals surface area contributed by atoms with Crippen molar-refractivity contribution < 1.29 is 4.79 Å². The van der Waals surface area contributed by atoms with E-state index in [1.54, 1.807) is 12.3 Å². The summed E-state index contributed by atoms with van der Waals surface area (Å²) in [4.78, 5) is 10.8. The van der Waals surface area contributed by atoms with E-state index in [-0.39, 0.29) is 5.69 Å². The Kier molecular flexibility index (Phi) is 2.28. The van der Waals surface area contributed by atoms with Crippen LogP contribution in [0, 0.1) is 6.92 Å². The molecule has 0 saturated heterocycles. The Morgan fingerprint density at radius 3 is 2.56 bits per heavy atom. The van der Waals surface area contributed by atoms with Crippen LogP contribution in [-0.4, -0.2) is 25.9 Å². The lowest BCUT2D eigenvalue weighted by Gasteiger charge is -1.98. The number of nitrogens with zero attached hydrogens (tertiary/aromatic N) is 4. The van der Waals surface area contributed by atoms with Gasteiger partial charge in [-0.05, 0) is 19.1 Å². The van der Waals surface area contributed by atoms with Crippen LogP contribution in [0.2, 0.25) is 0 Å². The number of aryl methyl sites for hydroxylation is 1. The summed E-state index contributed by atoms with van der Waals surface area (Å²) in [6.45, 7) is 1.84. The fourth-order valence-corrected chi connectivity index (χ4v) is 1.17. The molecule has 0 aliphatic carbocycles. The molecule has 4 N–H and O–H groups in total. The van der Waals surface area contributed by atoms with Crippen LogP contribution in [-0.2, 0) is 0 Å². The van der Waals surface area contributed by atoms with Crippen molar-refractivity contribution in [3.8, 4) is 5.82 Å². The van der Waals surface area contributed by atoms with Crippen LogP contribution >= 0.6 is 0 Å². The second-order valence-corrected chi connectivity index (χ2v) is 3.28. The van der Waals surface area contributed by atoms with Crippen LogP contribution < -0.4 is 11.5 Å². The number of rotatable bonds is 2. The number of nitrogen functional groups attached to an aromatic ring is 1. The largest absolute Gasteiger partial charge is 0.382 e. The minimum absolute atomic E-state index is 0.112. The topological polar surface area (TPSA) is 113 Å². The summed E-state index contributed by atoms with van der Waals surface area (Å²) >= 11 is 0. The highest BCUT2D eigenvalue weighted by molar-refractivity contribution is 5.90. The van der Waals surface area contributed by atoms with Gasteiger partial charge in [0.2, 0.25) is 0 Å². The number of nitrogens with two attached hydrogens (primary N) is 2. The van der Waals surface area contributed by atoms with E-state index in [4.69, 9.17) is 11.5 Å². The molecule has 2 rings (SSSR count). The van der Waals surface area contributed by atoms with Crippen molar-refractivity contribution >= 4 is 11.7 Å². The molecule has 2 aromatic heterocycles. The fraction of sp³-hybridized carbons (Fsp3) is 0.111. The number of hydrogen-bond donors (Lipinski definition) is 2. The SMILES string of the molecule is Cc1cn(-c2ccc(C(N)=O)nn2)nc1N. The van der Waals surface area contributed by atoms with Gasteiger partial charge in [-0.1, -0.05) is 0 Å².